The zero-order valence-corrected chi connectivity index (χ0v) is 16.0. The number of carbonyl (C=O) groups is 2. The Morgan fingerprint density at radius 2 is 2.15 bits per heavy atom. The van der Waals surface area contributed by atoms with Crippen LogP contribution in [0.3, 0.4) is 0 Å². The van der Waals surface area contributed by atoms with Crippen LogP contribution in [0.4, 0.5) is 10.5 Å². The highest BCUT2D eigenvalue weighted by atomic mass is 16.5. The van der Waals surface area contributed by atoms with E-state index in [9.17, 15) is 9.59 Å². The van der Waals surface area contributed by atoms with E-state index in [-0.39, 0.29) is 11.9 Å². The van der Waals surface area contributed by atoms with Gasteiger partial charge in [-0.1, -0.05) is 17.7 Å². The summed E-state index contributed by atoms with van der Waals surface area (Å²) in [6.45, 7) is 1.24. The number of nitrogens with zero attached hydrogens (tertiary/aromatic N) is 1. The lowest BCUT2D eigenvalue weighted by molar-refractivity contribution is -0.124. The van der Waals surface area contributed by atoms with Gasteiger partial charge in [0.15, 0.2) is 0 Å². The number of rotatable bonds is 6. The van der Waals surface area contributed by atoms with Crippen molar-refractivity contribution in [3.05, 3.63) is 35.9 Å². The van der Waals surface area contributed by atoms with Crippen LogP contribution in [0, 0.1) is 0 Å². The number of hydrogen-bond acceptors (Lipinski definition) is 3. The predicted octanol–water partition coefficient (Wildman–Crippen LogP) is 3.70. The normalized spacial score (nSPS) is 19.4. The first kappa shape index (κ1) is 19.3. The van der Waals surface area contributed by atoms with Gasteiger partial charge in [-0.25, -0.2) is 4.79 Å². The number of ether oxygens (including phenoxy) is 1. The number of carbonyl (C=O) groups excluding carboxylic acids is 2. The molecule has 0 radical (unpaired) electrons. The molecular formula is C21H29N3O3. The fourth-order valence-electron chi connectivity index (χ4n) is 3.77. The third-order valence-electron chi connectivity index (χ3n) is 5.27. The van der Waals surface area contributed by atoms with Crippen LogP contribution < -0.4 is 15.4 Å². The Kier molecular flexibility index (Phi) is 6.74. The Bertz CT molecular complexity index is 702. The molecule has 0 aromatic heterocycles. The molecule has 27 heavy (non-hydrogen) atoms. The molecule has 6 heteroatoms. The van der Waals surface area contributed by atoms with Gasteiger partial charge in [0, 0.05) is 24.8 Å². The number of likely N-dealkylation sites (tertiary alicyclic amines) is 1. The minimum Gasteiger partial charge on any atom is -0.497 e. The first-order chi connectivity index (χ1) is 13.2. The lowest BCUT2D eigenvalue weighted by Crippen LogP contribution is -2.47. The second-order valence-electron chi connectivity index (χ2n) is 7.16. The third kappa shape index (κ3) is 5.25. The Balaban J connectivity index is 1.51. The second kappa shape index (κ2) is 9.44. The molecule has 1 fully saturated rings. The highest BCUT2D eigenvalue weighted by molar-refractivity contribution is 5.94. The first-order valence-electron chi connectivity index (χ1n) is 9.84. The summed E-state index contributed by atoms with van der Waals surface area (Å²) in [5.41, 5.74) is 2.11. The standard InChI is InChI=1S/C21H29N3O3/c1-27-18-10-5-9-17(15-18)23-21(26)24-14-6-11-19(24)20(25)22-13-12-16-7-3-2-4-8-16/h5,7,9-10,15,19H,2-4,6,8,11-14H2,1H3,(H,22,25)(H,23,26)/t19-/m1/s1. The summed E-state index contributed by atoms with van der Waals surface area (Å²) >= 11 is 0. The van der Waals surface area contributed by atoms with Crippen molar-refractivity contribution in [2.45, 2.75) is 51.0 Å². The van der Waals surface area contributed by atoms with E-state index in [1.54, 1.807) is 18.1 Å². The van der Waals surface area contributed by atoms with Gasteiger partial charge < -0.3 is 20.3 Å². The minimum absolute atomic E-state index is 0.0512. The highest BCUT2D eigenvalue weighted by Crippen LogP contribution is 2.22. The van der Waals surface area contributed by atoms with E-state index in [2.05, 4.69) is 16.7 Å². The van der Waals surface area contributed by atoms with Crippen molar-refractivity contribution in [3.8, 4) is 5.75 Å². The monoisotopic (exact) mass is 371 g/mol. The number of benzene rings is 1. The molecule has 3 amide bonds. The van der Waals surface area contributed by atoms with Crippen molar-refractivity contribution >= 4 is 17.6 Å². The number of nitrogens with one attached hydrogen (secondary N) is 2. The smallest absolute Gasteiger partial charge is 0.322 e. The van der Waals surface area contributed by atoms with E-state index >= 15 is 0 Å². The molecule has 6 nitrogen and oxygen atoms in total. The molecule has 3 rings (SSSR count). The summed E-state index contributed by atoms with van der Waals surface area (Å²) in [6, 6.07) is 6.59. The predicted molar refractivity (Wildman–Crippen MR) is 106 cm³/mol. The molecular weight excluding hydrogens is 342 g/mol. The van der Waals surface area contributed by atoms with Crippen LogP contribution in [0.25, 0.3) is 0 Å². The van der Waals surface area contributed by atoms with Crippen molar-refractivity contribution < 1.29 is 14.3 Å². The summed E-state index contributed by atoms with van der Waals surface area (Å²) in [6.07, 6.45) is 9.59. The van der Waals surface area contributed by atoms with Crippen LogP contribution in [0.2, 0.25) is 0 Å². The van der Waals surface area contributed by atoms with Crippen molar-refractivity contribution in [3.63, 3.8) is 0 Å². The van der Waals surface area contributed by atoms with Crippen molar-refractivity contribution in [2.75, 3.05) is 25.5 Å². The van der Waals surface area contributed by atoms with Gasteiger partial charge in [-0.3, -0.25) is 4.79 Å². The minimum atomic E-state index is -0.393. The van der Waals surface area contributed by atoms with Gasteiger partial charge in [0.05, 0.1) is 7.11 Å². The Labute approximate surface area is 161 Å². The molecule has 2 aliphatic rings. The van der Waals surface area contributed by atoms with E-state index in [1.807, 2.05) is 18.2 Å². The molecule has 1 aliphatic heterocycles. The maximum Gasteiger partial charge on any atom is 0.322 e. The zero-order chi connectivity index (χ0) is 19.1. The van der Waals surface area contributed by atoms with Crippen LogP contribution in [-0.4, -0.2) is 43.1 Å². The quantitative estimate of drug-likeness (QED) is 0.749. The Morgan fingerprint density at radius 1 is 1.26 bits per heavy atom. The number of amides is 3. The molecule has 1 saturated heterocycles. The third-order valence-corrected chi connectivity index (χ3v) is 5.27. The van der Waals surface area contributed by atoms with Crippen molar-refractivity contribution in [1.29, 1.82) is 0 Å². The highest BCUT2D eigenvalue weighted by Gasteiger charge is 2.34. The first-order valence-corrected chi connectivity index (χ1v) is 9.84. The van der Waals surface area contributed by atoms with Crippen molar-refractivity contribution in [2.24, 2.45) is 0 Å². The number of urea groups is 1. The average molecular weight is 371 g/mol. The average Bonchev–Trinajstić information content (AvgIpc) is 3.19. The van der Waals surface area contributed by atoms with Gasteiger partial charge in [-0.05, 0) is 57.1 Å². The summed E-state index contributed by atoms with van der Waals surface area (Å²) in [5, 5.41) is 5.89. The van der Waals surface area contributed by atoms with Crippen LogP contribution in [-0.2, 0) is 4.79 Å². The topological polar surface area (TPSA) is 70.7 Å². The molecule has 1 aliphatic carbocycles. The lowest BCUT2D eigenvalue weighted by atomic mass is 9.97. The van der Waals surface area contributed by atoms with Gasteiger partial charge in [0.25, 0.3) is 0 Å². The van der Waals surface area contributed by atoms with Crippen LogP contribution in [0.5, 0.6) is 5.75 Å². The molecule has 1 atom stereocenters. The van der Waals surface area contributed by atoms with Crippen LogP contribution >= 0.6 is 0 Å². The van der Waals surface area contributed by atoms with E-state index < -0.39 is 6.04 Å². The molecule has 0 unspecified atom stereocenters. The largest absolute Gasteiger partial charge is 0.497 e. The molecule has 1 aromatic rings. The van der Waals surface area contributed by atoms with Gasteiger partial charge in [0.1, 0.15) is 11.8 Å². The van der Waals surface area contributed by atoms with Crippen LogP contribution in [0.15, 0.2) is 35.9 Å². The number of hydrogen-bond donors (Lipinski definition) is 2. The van der Waals surface area contributed by atoms with E-state index in [0.717, 1.165) is 25.7 Å². The lowest BCUT2D eigenvalue weighted by Gasteiger charge is -2.24. The Hall–Kier alpha value is -2.50. The fourth-order valence-corrected chi connectivity index (χ4v) is 3.77. The maximum absolute atomic E-state index is 12.6. The summed E-state index contributed by atoms with van der Waals surface area (Å²) in [5.74, 6) is 0.630. The van der Waals surface area contributed by atoms with Gasteiger partial charge in [-0.2, -0.15) is 0 Å². The molecule has 1 heterocycles. The molecule has 2 N–H and O–H groups in total. The summed E-state index contributed by atoms with van der Waals surface area (Å²) in [4.78, 5) is 26.9. The number of allylic oxidation sites excluding steroid dienone is 1. The van der Waals surface area contributed by atoms with E-state index in [0.29, 0.717) is 30.9 Å². The van der Waals surface area contributed by atoms with Gasteiger partial charge in [0.2, 0.25) is 5.91 Å². The molecule has 0 bridgehead atoms. The molecule has 1 aromatic carbocycles. The summed E-state index contributed by atoms with van der Waals surface area (Å²) < 4.78 is 5.18. The second-order valence-corrected chi connectivity index (χ2v) is 7.16. The maximum atomic E-state index is 12.6. The fraction of sp³-hybridized carbons (Fsp3) is 0.524. The number of methoxy groups -OCH3 is 1. The molecule has 0 spiro atoms. The van der Waals surface area contributed by atoms with E-state index in [1.165, 1.54) is 18.4 Å². The molecule has 146 valence electrons. The Morgan fingerprint density at radius 3 is 2.93 bits per heavy atom. The van der Waals surface area contributed by atoms with Crippen molar-refractivity contribution in [1.82, 2.24) is 10.2 Å². The SMILES string of the molecule is COc1cccc(NC(=O)N2CCC[C@@H]2C(=O)NCCC2=CCCCC2)c1. The summed E-state index contributed by atoms with van der Waals surface area (Å²) in [7, 11) is 1.59. The van der Waals surface area contributed by atoms with Gasteiger partial charge >= 0.3 is 6.03 Å². The molecule has 0 saturated carbocycles. The zero-order valence-electron chi connectivity index (χ0n) is 16.0. The van der Waals surface area contributed by atoms with E-state index in [4.69, 9.17) is 4.74 Å². The number of anilines is 1. The van der Waals surface area contributed by atoms with Crippen LogP contribution in [0.1, 0.15) is 44.9 Å². The van der Waals surface area contributed by atoms with Gasteiger partial charge in [-0.15, -0.1) is 0 Å².